The lowest BCUT2D eigenvalue weighted by Gasteiger charge is -2.01. The lowest BCUT2D eigenvalue weighted by Crippen LogP contribution is -2.23. The number of nitrogens with one attached hydrogen (secondary N) is 1. The Hall–Kier alpha value is -0.790. The van der Waals surface area contributed by atoms with E-state index in [1.165, 1.54) is 0 Å². The molecule has 0 rings (SSSR count). The molecular formula is C8H15NO. The molecule has 0 spiro atoms. The number of hydrogen-bond acceptors (Lipinski definition) is 1. The second kappa shape index (κ2) is 5.03. The summed E-state index contributed by atoms with van der Waals surface area (Å²) in [7, 11) is 0. The first kappa shape index (κ1) is 9.21. The van der Waals surface area contributed by atoms with E-state index in [1.807, 2.05) is 13.8 Å². The predicted octanol–water partition coefficient (Wildman–Crippen LogP) is 1.48. The fraction of sp³-hybridized carbons (Fsp3) is 0.625. The van der Waals surface area contributed by atoms with Crippen molar-refractivity contribution in [3.63, 3.8) is 0 Å². The highest BCUT2D eigenvalue weighted by Crippen LogP contribution is 1.91. The average Bonchev–Trinajstić information content (AvgIpc) is 1.87. The monoisotopic (exact) mass is 141 g/mol. The molecule has 0 saturated heterocycles. The van der Waals surface area contributed by atoms with Gasteiger partial charge >= 0.3 is 0 Å². The fourth-order valence-corrected chi connectivity index (χ4v) is 0.540. The summed E-state index contributed by atoms with van der Waals surface area (Å²) in [4.78, 5) is 10.7. The van der Waals surface area contributed by atoms with Crippen LogP contribution in [-0.4, -0.2) is 12.5 Å². The minimum atomic E-state index is 0.112. The number of carbonyl (C=O) groups excluding carboxylic acids is 1. The zero-order chi connectivity index (χ0) is 7.98. The van der Waals surface area contributed by atoms with Crippen molar-refractivity contribution >= 4 is 5.91 Å². The molecule has 2 heteroatoms. The summed E-state index contributed by atoms with van der Waals surface area (Å²) in [5, 5.41) is 2.76. The highest BCUT2D eigenvalue weighted by molar-refractivity contribution is 5.75. The van der Waals surface area contributed by atoms with Crippen LogP contribution in [0.5, 0.6) is 0 Å². The van der Waals surface area contributed by atoms with Crippen molar-refractivity contribution in [1.82, 2.24) is 5.32 Å². The highest BCUT2D eigenvalue weighted by Gasteiger charge is 1.93. The van der Waals surface area contributed by atoms with Gasteiger partial charge in [0, 0.05) is 13.0 Å². The van der Waals surface area contributed by atoms with E-state index in [9.17, 15) is 4.79 Å². The van der Waals surface area contributed by atoms with Crippen molar-refractivity contribution in [1.29, 1.82) is 0 Å². The molecule has 0 heterocycles. The molecule has 0 saturated carbocycles. The molecule has 0 bridgehead atoms. The second-order valence-corrected chi connectivity index (χ2v) is 2.41. The quantitative estimate of drug-likeness (QED) is 0.590. The molecule has 10 heavy (non-hydrogen) atoms. The summed E-state index contributed by atoms with van der Waals surface area (Å²) in [6.07, 6.45) is 1.45. The first-order valence-corrected chi connectivity index (χ1v) is 3.58. The van der Waals surface area contributed by atoms with Crippen LogP contribution >= 0.6 is 0 Å². The molecule has 0 aliphatic carbocycles. The molecule has 58 valence electrons. The van der Waals surface area contributed by atoms with Crippen LogP contribution in [0, 0.1) is 0 Å². The van der Waals surface area contributed by atoms with Crippen molar-refractivity contribution in [3.8, 4) is 0 Å². The molecule has 0 atom stereocenters. The maximum atomic E-state index is 10.7. The Morgan fingerprint density at radius 2 is 2.20 bits per heavy atom. The third-order valence-corrected chi connectivity index (χ3v) is 1.20. The van der Waals surface area contributed by atoms with Gasteiger partial charge in [-0.25, -0.2) is 0 Å². The predicted molar refractivity (Wildman–Crippen MR) is 42.7 cm³/mol. The van der Waals surface area contributed by atoms with Gasteiger partial charge in [0.05, 0.1) is 0 Å². The van der Waals surface area contributed by atoms with Crippen LogP contribution in [0.2, 0.25) is 0 Å². The van der Waals surface area contributed by atoms with E-state index in [2.05, 4.69) is 11.9 Å². The zero-order valence-electron chi connectivity index (χ0n) is 6.74. The lowest BCUT2D eigenvalue weighted by atomic mass is 10.2. The lowest BCUT2D eigenvalue weighted by molar-refractivity contribution is -0.120. The van der Waals surface area contributed by atoms with E-state index in [4.69, 9.17) is 0 Å². The number of amides is 1. The zero-order valence-corrected chi connectivity index (χ0v) is 6.74. The normalized spacial score (nSPS) is 9.00. The van der Waals surface area contributed by atoms with Gasteiger partial charge in [-0.2, -0.15) is 0 Å². The van der Waals surface area contributed by atoms with E-state index < -0.39 is 0 Å². The standard InChI is InChI=1S/C8H15NO/c1-4-8(10)9-6-5-7(2)3/h2,4-6H2,1,3H3,(H,9,10). The summed E-state index contributed by atoms with van der Waals surface area (Å²) >= 11 is 0. The van der Waals surface area contributed by atoms with Gasteiger partial charge in [0.15, 0.2) is 0 Å². The summed E-state index contributed by atoms with van der Waals surface area (Å²) in [5.74, 6) is 0.112. The van der Waals surface area contributed by atoms with Crippen LogP contribution in [0.1, 0.15) is 26.7 Å². The summed E-state index contributed by atoms with van der Waals surface area (Å²) in [6.45, 7) is 8.25. The molecule has 0 radical (unpaired) electrons. The van der Waals surface area contributed by atoms with Crippen LogP contribution in [0.25, 0.3) is 0 Å². The van der Waals surface area contributed by atoms with Gasteiger partial charge in [-0.05, 0) is 13.3 Å². The van der Waals surface area contributed by atoms with Crippen molar-refractivity contribution < 1.29 is 4.79 Å². The van der Waals surface area contributed by atoms with Gasteiger partial charge in [-0.3, -0.25) is 4.79 Å². The Balaban J connectivity index is 3.20. The molecule has 0 aromatic heterocycles. The van der Waals surface area contributed by atoms with E-state index in [-0.39, 0.29) is 5.91 Å². The van der Waals surface area contributed by atoms with Crippen LogP contribution in [0.4, 0.5) is 0 Å². The van der Waals surface area contributed by atoms with E-state index in [1.54, 1.807) is 0 Å². The molecule has 0 fully saturated rings. The Kier molecular flexibility index (Phi) is 4.63. The Bertz CT molecular complexity index is 129. The van der Waals surface area contributed by atoms with Crippen LogP contribution in [0.3, 0.4) is 0 Å². The maximum Gasteiger partial charge on any atom is 0.219 e. The van der Waals surface area contributed by atoms with Crippen LogP contribution < -0.4 is 5.32 Å². The molecular weight excluding hydrogens is 126 g/mol. The first-order chi connectivity index (χ1) is 4.66. The maximum absolute atomic E-state index is 10.7. The van der Waals surface area contributed by atoms with Gasteiger partial charge in [0.2, 0.25) is 5.91 Å². The average molecular weight is 141 g/mol. The molecule has 0 aliphatic heterocycles. The molecule has 1 amide bonds. The topological polar surface area (TPSA) is 29.1 Å². The van der Waals surface area contributed by atoms with Gasteiger partial charge in [-0.15, -0.1) is 6.58 Å². The summed E-state index contributed by atoms with van der Waals surface area (Å²) in [6, 6.07) is 0. The molecule has 2 nitrogen and oxygen atoms in total. The second-order valence-electron chi connectivity index (χ2n) is 2.41. The van der Waals surface area contributed by atoms with Gasteiger partial charge in [0.1, 0.15) is 0 Å². The third-order valence-electron chi connectivity index (χ3n) is 1.20. The summed E-state index contributed by atoms with van der Waals surface area (Å²) < 4.78 is 0. The number of carbonyl (C=O) groups is 1. The van der Waals surface area contributed by atoms with Crippen LogP contribution in [-0.2, 0) is 4.79 Å². The minimum Gasteiger partial charge on any atom is -0.356 e. The molecule has 0 unspecified atom stereocenters. The first-order valence-electron chi connectivity index (χ1n) is 3.58. The van der Waals surface area contributed by atoms with E-state index in [0.29, 0.717) is 6.42 Å². The largest absolute Gasteiger partial charge is 0.356 e. The number of hydrogen-bond donors (Lipinski definition) is 1. The molecule has 1 N–H and O–H groups in total. The Labute approximate surface area is 62.3 Å². The summed E-state index contributed by atoms with van der Waals surface area (Å²) in [5.41, 5.74) is 1.11. The molecule has 0 aliphatic rings. The number of rotatable bonds is 4. The van der Waals surface area contributed by atoms with Gasteiger partial charge < -0.3 is 5.32 Å². The van der Waals surface area contributed by atoms with Gasteiger partial charge in [-0.1, -0.05) is 12.5 Å². The third kappa shape index (κ3) is 5.35. The highest BCUT2D eigenvalue weighted by atomic mass is 16.1. The van der Waals surface area contributed by atoms with Crippen molar-refractivity contribution in [2.75, 3.05) is 6.54 Å². The van der Waals surface area contributed by atoms with Crippen molar-refractivity contribution in [2.45, 2.75) is 26.7 Å². The Morgan fingerprint density at radius 3 is 2.60 bits per heavy atom. The van der Waals surface area contributed by atoms with Crippen LogP contribution in [0.15, 0.2) is 12.2 Å². The SMILES string of the molecule is C=C(C)CCNC(=O)CC. The Morgan fingerprint density at radius 1 is 1.60 bits per heavy atom. The molecule has 0 aromatic carbocycles. The van der Waals surface area contributed by atoms with Crippen molar-refractivity contribution in [3.05, 3.63) is 12.2 Å². The molecule has 0 aromatic rings. The smallest absolute Gasteiger partial charge is 0.219 e. The minimum absolute atomic E-state index is 0.112. The fourth-order valence-electron chi connectivity index (χ4n) is 0.540. The van der Waals surface area contributed by atoms with E-state index >= 15 is 0 Å². The van der Waals surface area contributed by atoms with Gasteiger partial charge in [0.25, 0.3) is 0 Å². The van der Waals surface area contributed by atoms with E-state index in [0.717, 1.165) is 18.5 Å². The van der Waals surface area contributed by atoms with Crippen molar-refractivity contribution in [2.24, 2.45) is 0 Å².